The van der Waals surface area contributed by atoms with Crippen molar-refractivity contribution in [2.45, 2.75) is 25.9 Å². The van der Waals surface area contributed by atoms with Crippen LogP contribution < -0.4 is 5.32 Å². The largest absolute Gasteiger partial charge is 0.389 e. The molecule has 84 valence electrons. The van der Waals surface area contributed by atoms with Crippen LogP contribution in [0.2, 0.25) is 0 Å². The molecule has 0 aromatic carbocycles. The highest BCUT2D eigenvalue weighted by molar-refractivity contribution is 5.17. The number of hydrogen-bond acceptors (Lipinski definition) is 2. The highest BCUT2D eigenvalue weighted by Crippen LogP contribution is 2.39. The van der Waals surface area contributed by atoms with Crippen LogP contribution in [0.5, 0.6) is 0 Å². The topological polar surface area (TPSA) is 32.3 Å². The van der Waals surface area contributed by atoms with Crippen molar-refractivity contribution < 1.29 is 5.11 Å². The highest BCUT2D eigenvalue weighted by Gasteiger charge is 2.46. The third-order valence-corrected chi connectivity index (χ3v) is 4.05. The maximum absolute atomic E-state index is 10.9. The Morgan fingerprint density at radius 3 is 2.40 bits per heavy atom. The summed E-state index contributed by atoms with van der Waals surface area (Å²) in [7, 11) is 0. The third kappa shape index (κ3) is 1.77. The monoisotopic (exact) mass is 207 g/mol. The molecule has 15 heavy (non-hydrogen) atoms. The molecular formula is C13H21NO. The first-order valence-electron chi connectivity index (χ1n) is 5.92. The molecule has 0 aromatic heterocycles. The van der Waals surface area contributed by atoms with Crippen LogP contribution in [0.15, 0.2) is 24.3 Å². The summed E-state index contributed by atoms with van der Waals surface area (Å²) in [6, 6.07) is 0. The van der Waals surface area contributed by atoms with E-state index in [0.29, 0.717) is 11.8 Å². The van der Waals surface area contributed by atoms with Gasteiger partial charge in [0.1, 0.15) is 0 Å². The average molecular weight is 207 g/mol. The minimum absolute atomic E-state index is 0.287. The summed E-state index contributed by atoms with van der Waals surface area (Å²) in [4.78, 5) is 0. The molecule has 1 heterocycles. The summed E-state index contributed by atoms with van der Waals surface area (Å²) in [6.45, 7) is 6.15. The molecule has 2 rings (SSSR count). The van der Waals surface area contributed by atoms with Gasteiger partial charge in [0, 0.05) is 19.0 Å². The third-order valence-electron chi connectivity index (χ3n) is 4.05. The molecule has 4 atom stereocenters. The lowest BCUT2D eigenvalue weighted by atomic mass is 9.66. The van der Waals surface area contributed by atoms with Crippen LogP contribution in [0.4, 0.5) is 0 Å². The maximum atomic E-state index is 10.9. The number of allylic oxidation sites excluding steroid dienone is 3. The number of rotatable bonds is 1. The second kappa shape index (κ2) is 4.11. The van der Waals surface area contributed by atoms with E-state index in [0.717, 1.165) is 19.5 Å². The molecule has 2 heteroatoms. The summed E-state index contributed by atoms with van der Waals surface area (Å²) in [6.07, 6.45) is 9.42. The van der Waals surface area contributed by atoms with Gasteiger partial charge in [-0.1, -0.05) is 38.2 Å². The fraction of sp³-hybridized carbons (Fsp3) is 0.692. The van der Waals surface area contributed by atoms with Gasteiger partial charge in [0.15, 0.2) is 0 Å². The first kappa shape index (κ1) is 10.9. The van der Waals surface area contributed by atoms with Crippen LogP contribution in [0.3, 0.4) is 0 Å². The molecular weight excluding hydrogens is 186 g/mol. The summed E-state index contributed by atoms with van der Waals surface area (Å²) in [5.74, 6) is 0.930. The van der Waals surface area contributed by atoms with E-state index in [4.69, 9.17) is 0 Å². The van der Waals surface area contributed by atoms with E-state index >= 15 is 0 Å². The smallest absolute Gasteiger partial charge is 0.0788 e. The quantitative estimate of drug-likeness (QED) is 0.686. The van der Waals surface area contributed by atoms with Crippen LogP contribution in [0.25, 0.3) is 0 Å². The predicted molar refractivity (Wildman–Crippen MR) is 62.5 cm³/mol. The van der Waals surface area contributed by atoms with E-state index in [1.807, 2.05) is 0 Å². The Hall–Kier alpha value is -0.600. The minimum Gasteiger partial charge on any atom is -0.389 e. The molecule has 0 spiro atoms. The van der Waals surface area contributed by atoms with Crippen molar-refractivity contribution in [2.24, 2.45) is 17.8 Å². The Labute approximate surface area is 92.1 Å². The van der Waals surface area contributed by atoms with Crippen LogP contribution in [0.1, 0.15) is 20.3 Å². The van der Waals surface area contributed by atoms with E-state index in [1.165, 1.54) is 0 Å². The number of aliphatic hydroxyl groups is 1. The van der Waals surface area contributed by atoms with Crippen LogP contribution in [0, 0.1) is 17.8 Å². The maximum Gasteiger partial charge on any atom is 0.0788 e. The van der Waals surface area contributed by atoms with Gasteiger partial charge in [-0.15, -0.1) is 0 Å². The van der Waals surface area contributed by atoms with Crippen LogP contribution in [-0.4, -0.2) is 23.8 Å². The first-order valence-corrected chi connectivity index (χ1v) is 5.92. The summed E-state index contributed by atoms with van der Waals surface area (Å²) in [5, 5.41) is 14.3. The van der Waals surface area contributed by atoms with Crippen LogP contribution >= 0.6 is 0 Å². The van der Waals surface area contributed by atoms with Crippen molar-refractivity contribution >= 4 is 0 Å². The normalized spacial score (nSPS) is 45.7. The van der Waals surface area contributed by atoms with E-state index in [9.17, 15) is 5.11 Å². The molecule has 0 bridgehead atoms. The average Bonchev–Trinajstić information content (AvgIpc) is 2.27. The summed E-state index contributed by atoms with van der Waals surface area (Å²) < 4.78 is 0. The van der Waals surface area contributed by atoms with Crippen molar-refractivity contribution in [3.8, 4) is 0 Å². The van der Waals surface area contributed by atoms with Crippen LogP contribution in [-0.2, 0) is 0 Å². The van der Waals surface area contributed by atoms with Gasteiger partial charge in [-0.2, -0.15) is 0 Å². The second-order valence-corrected chi connectivity index (χ2v) is 5.00. The van der Waals surface area contributed by atoms with Crippen molar-refractivity contribution in [1.29, 1.82) is 0 Å². The lowest BCUT2D eigenvalue weighted by Gasteiger charge is -2.48. The van der Waals surface area contributed by atoms with Gasteiger partial charge in [0.25, 0.3) is 0 Å². The molecule has 0 aromatic rings. The van der Waals surface area contributed by atoms with E-state index in [-0.39, 0.29) is 5.92 Å². The Morgan fingerprint density at radius 1 is 1.20 bits per heavy atom. The Morgan fingerprint density at radius 2 is 1.87 bits per heavy atom. The molecule has 1 fully saturated rings. The van der Waals surface area contributed by atoms with E-state index in [1.54, 1.807) is 0 Å². The van der Waals surface area contributed by atoms with E-state index in [2.05, 4.69) is 43.5 Å². The molecule has 2 nitrogen and oxygen atoms in total. The molecule has 1 unspecified atom stereocenters. The number of piperidine rings is 1. The van der Waals surface area contributed by atoms with Gasteiger partial charge >= 0.3 is 0 Å². The summed E-state index contributed by atoms with van der Waals surface area (Å²) >= 11 is 0. The van der Waals surface area contributed by atoms with Crippen molar-refractivity contribution in [3.05, 3.63) is 24.3 Å². The number of nitrogens with one attached hydrogen (secondary N) is 1. The van der Waals surface area contributed by atoms with Gasteiger partial charge < -0.3 is 10.4 Å². The molecule has 2 N–H and O–H groups in total. The van der Waals surface area contributed by atoms with Gasteiger partial charge in [0.2, 0.25) is 0 Å². The molecule has 2 aliphatic rings. The molecule has 1 aliphatic heterocycles. The Bertz CT molecular complexity index is 272. The Kier molecular flexibility index (Phi) is 2.98. The van der Waals surface area contributed by atoms with Gasteiger partial charge in [-0.3, -0.25) is 0 Å². The fourth-order valence-corrected chi connectivity index (χ4v) is 2.98. The van der Waals surface area contributed by atoms with Crippen molar-refractivity contribution in [1.82, 2.24) is 5.32 Å². The van der Waals surface area contributed by atoms with E-state index < -0.39 is 5.60 Å². The fourth-order valence-electron chi connectivity index (χ4n) is 2.98. The second-order valence-electron chi connectivity index (χ2n) is 5.00. The zero-order valence-electron chi connectivity index (χ0n) is 9.61. The minimum atomic E-state index is -0.535. The SMILES string of the molecule is C[C@@H]1CNC[C@H](C)[C@@]1(O)C1C=CC=CC1. The van der Waals surface area contributed by atoms with Crippen molar-refractivity contribution in [3.63, 3.8) is 0 Å². The predicted octanol–water partition coefficient (Wildman–Crippen LogP) is 1.73. The molecule has 0 radical (unpaired) electrons. The highest BCUT2D eigenvalue weighted by atomic mass is 16.3. The van der Waals surface area contributed by atoms with Crippen molar-refractivity contribution in [2.75, 3.05) is 13.1 Å². The molecule has 1 aliphatic carbocycles. The molecule has 1 saturated heterocycles. The van der Waals surface area contributed by atoms with Gasteiger partial charge in [0.05, 0.1) is 5.60 Å². The standard InChI is InChI=1S/C13H21NO/c1-10-8-14-9-11(2)13(10,15)12-6-4-3-5-7-12/h3-6,10-12,14-15H,7-9H2,1-2H3/t10-,11+,12?,13-. The summed E-state index contributed by atoms with van der Waals surface area (Å²) in [5.41, 5.74) is -0.535. The molecule has 0 saturated carbocycles. The lowest BCUT2D eigenvalue weighted by Crippen LogP contribution is -2.58. The van der Waals surface area contributed by atoms with Gasteiger partial charge in [-0.25, -0.2) is 0 Å². The number of hydrogen-bond donors (Lipinski definition) is 2. The molecule has 0 amide bonds. The lowest BCUT2D eigenvalue weighted by molar-refractivity contribution is -0.105. The Balaban J connectivity index is 2.21. The zero-order valence-corrected chi connectivity index (χ0v) is 9.61. The van der Waals surface area contributed by atoms with Gasteiger partial charge in [-0.05, 0) is 18.3 Å². The first-order chi connectivity index (χ1) is 7.15. The zero-order chi connectivity index (χ0) is 10.9.